The van der Waals surface area contributed by atoms with E-state index in [-0.39, 0.29) is 18.6 Å². The standard InChI is InChI=1S/C17H15Cl2NO4S/c1-10-2-6-15(25-10)14(21)5-7-17(23)24-9-16(22)20-11-3-4-12(18)13(19)8-11/h2-4,6,8H,5,7,9H2,1H3,(H,20,22). The number of aryl methyl sites for hydroxylation is 1. The first kappa shape index (κ1) is 19.4. The maximum absolute atomic E-state index is 11.9. The first-order valence-electron chi connectivity index (χ1n) is 7.35. The van der Waals surface area contributed by atoms with E-state index in [1.54, 1.807) is 18.2 Å². The van der Waals surface area contributed by atoms with Gasteiger partial charge in [-0.05, 0) is 37.3 Å². The third kappa shape index (κ3) is 6.16. The van der Waals surface area contributed by atoms with Crippen LogP contribution in [0.15, 0.2) is 30.3 Å². The predicted molar refractivity (Wildman–Crippen MR) is 98.7 cm³/mol. The summed E-state index contributed by atoms with van der Waals surface area (Å²) in [6.45, 7) is 1.47. The van der Waals surface area contributed by atoms with Crippen LogP contribution in [-0.2, 0) is 14.3 Å². The van der Waals surface area contributed by atoms with Crippen molar-refractivity contribution in [3.63, 3.8) is 0 Å². The lowest BCUT2D eigenvalue weighted by Gasteiger charge is -2.07. The quantitative estimate of drug-likeness (QED) is 0.548. The molecule has 0 aliphatic carbocycles. The topological polar surface area (TPSA) is 72.5 Å². The molecule has 0 saturated carbocycles. The number of rotatable bonds is 7. The maximum Gasteiger partial charge on any atom is 0.306 e. The largest absolute Gasteiger partial charge is 0.456 e. The van der Waals surface area contributed by atoms with Crippen molar-refractivity contribution in [1.82, 2.24) is 0 Å². The fourth-order valence-electron chi connectivity index (χ4n) is 1.91. The van der Waals surface area contributed by atoms with Crippen molar-refractivity contribution in [1.29, 1.82) is 0 Å². The van der Waals surface area contributed by atoms with Crippen LogP contribution in [0.4, 0.5) is 5.69 Å². The van der Waals surface area contributed by atoms with Gasteiger partial charge in [-0.25, -0.2) is 0 Å². The third-order valence-electron chi connectivity index (χ3n) is 3.14. The van der Waals surface area contributed by atoms with Gasteiger partial charge < -0.3 is 10.1 Å². The number of thiophene rings is 1. The molecule has 0 radical (unpaired) electrons. The molecule has 0 unspecified atom stereocenters. The summed E-state index contributed by atoms with van der Waals surface area (Å²) in [5, 5.41) is 3.21. The normalized spacial score (nSPS) is 10.4. The summed E-state index contributed by atoms with van der Waals surface area (Å²) in [7, 11) is 0. The second-order valence-corrected chi connectivity index (χ2v) is 7.27. The van der Waals surface area contributed by atoms with Gasteiger partial charge in [-0.2, -0.15) is 0 Å². The van der Waals surface area contributed by atoms with E-state index in [9.17, 15) is 14.4 Å². The van der Waals surface area contributed by atoms with Crippen molar-refractivity contribution in [2.45, 2.75) is 19.8 Å². The minimum atomic E-state index is -0.606. The molecule has 132 valence electrons. The third-order valence-corrected chi connectivity index (χ3v) is 4.92. The molecule has 2 aromatic rings. The van der Waals surface area contributed by atoms with E-state index >= 15 is 0 Å². The van der Waals surface area contributed by atoms with Crippen molar-refractivity contribution in [2.24, 2.45) is 0 Å². The molecule has 1 heterocycles. The Morgan fingerprint density at radius 1 is 1.08 bits per heavy atom. The molecule has 0 fully saturated rings. The Balaban J connectivity index is 1.72. The second-order valence-electron chi connectivity index (χ2n) is 5.17. The van der Waals surface area contributed by atoms with Crippen LogP contribution >= 0.6 is 34.5 Å². The molecule has 1 N–H and O–H groups in total. The van der Waals surface area contributed by atoms with Gasteiger partial charge in [0.15, 0.2) is 12.4 Å². The van der Waals surface area contributed by atoms with E-state index in [1.165, 1.54) is 17.4 Å². The minimum Gasteiger partial charge on any atom is -0.456 e. The highest BCUT2D eigenvalue weighted by Crippen LogP contribution is 2.25. The Bertz CT molecular complexity index is 804. The number of halogens is 2. The zero-order valence-corrected chi connectivity index (χ0v) is 15.6. The number of hydrogen-bond acceptors (Lipinski definition) is 5. The highest BCUT2D eigenvalue weighted by atomic mass is 35.5. The van der Waals surface area contributed by atoms with Crippen molar-refractivity contribution < 1.29 is 19.1 Å². The van der Waals surface area contributed by atoms with Crippen LogP contribution < -0.4 is 5.32 Å². The Morgan fingerprint density at radius 3 is 2.48 bits per heavy atom. The number of anilines is 1. The van der Waals surface area contributed by atoms with Gasteiger partial charge in [0.25, 0.3) is 5.91 Å². The summed E-state index contributed by atoms with van der Waals surface area (Å²) in [5.74, 6) is -1.23. The lowest BCUT2D eigenvalue weighted by atomic mass is 10.2. The zero-order chi connectivity index (χ0) is 18.4. The van der Waals surface area contributed by atoms with Gasteiger partial charge in [-0.15, -0.1) is 11.3 Å². The number of carbonyl (C=O) groups excluding carboxylic acids is 3. The molecule has 0 bridgehead atoms. The van der Waals surface area contributed by atoms with Crippen LogP contribution in [0.3, 0.4) is 0 Å². The van der Waals surface area contributed by atoms with Crippen molar-refractivity contribution in [3.05, 3.63) is 50.1 Å². The summed E-state index contributed by atoms with van der Waals surface area (Å²) in [5.41, 5.74) is 0.443. The average Bonchev–Trinajstić information content (AvgIpc) is 3.00. The van der Waals surface area contributed by atoms with Crippen molar-refractivity contribution in [2.75, 3.05) is 11.9 Å². The number of nitrogens with one attached hydrogen (secondary N) is 1. The summed E-state index contributed by atoms with van der Waals surface area (Å²) >= 11 is 13.0. The molecular weight excluding hydrogens is 385 g/mol. The smallest absolute Gasteiger partial charge is 0.306 e. The van der Waals surface area contributed by atoms with Gasteiger partial charge >= 0.3 is 5.97 Å². The summed E-state index contributed by atoms with van der Waals surface area (Å²) in [4.78, 5) is 36.9. The van der Waals surface area contributed by atoms with Gasteiger partial charge in [-0.3, -0.25) is 14.4 Å². The Labute approximate surface area is 158 Å². The molecule has 1 aromatic heterocycles. The molecule has 25 heavy (non-hydrogen) atoms. The fraction of sp³-hybridized carbons (Fsp3) is 0.235. The highest BCUT2D eigenvalue weighted by Gasteiger charge is 2.13. The lowest BCUT2D eigenvalue weighted by Crippen LogP contribution is -2.21. The first-order valence-corrected chi connectivity index (χ1v) is 8.92. The molecule has 0 spiro atoms. The number of carbonyl (C=O) groups is 3. The van der Waals surface area contributed by atoms with E-state index in [2.05, 4.69) is 5.32 Å². The second kappa shape index (κ2) is 8.99. The molecular formula is C17H15Cl2NO4S. The maximum atomic E-state index is 11.9. The average molecular weight is 400 g/mol. The number of benzene rings is 1. The molecule has 1 amide bonds. The van der Waals surface area contributed by atoms with Gasteiger partial charge in [-0.1, -0.05) is 23.2 Å². The fourth-order valence-corrected chi connectivity index (χ4v) is 3.05. The van der Waals surface area contributed by atoms with Gasteiger partial charge in [0.1, 0.15) is 0 Å². The monoisotopic (exact) mass is 399 g/mol. The molecule has 5 nitrogen and oxygen atoms in total. The molecule has 0 aliphatic heterocycles. The van der Waals surface area contributed by atoms with Crippen LogP contribution in [-0.4, -0.2) is 24.3 Å². The zero-order valence-electron chi connectivity index (χ0n) is 13.3. The van der Waals surface area contributed by atoms with Crippen LogP contribution in [0.1, 0.15) is 27.4 Å². The molecule has 8 heteroatoms. The number of esters is 1. The van der Waals surface area contributed by atoms with E-state index in [0.29, 0.717) is 20.6 Å². The van der Waals surface area contributed by atoms with E-state index in [0.717, 1.165) is 4.88 Å². The van der Waals surface area contributed by atoms with E-state index < -0.39 is 18.5 Å². The Hall–Kier alpha value is -1.89. The number of ketones is 1. The SMILES string of the molecule is Cc1ccc(C(=O)CCC(=O)OCC(=O)Nc2ccc(Cl)c(Cl)c2)s1. The summed E-state index contributed by atoms with van der Waals surface area (Å²) in [6, 6.07) is 8.20. The first-order chi connectivity index (χ1) is 11.8. The molecule has 0 aliphatic rings. The number of amides is 1. The van der Waals surface area contributed by atoms with Gasteiger partial charge in [0.2, 0.25) is 0 Å². The van der Waals surface area contributed by atoms with Crippen LogP contribution in [0, 0.1) is 6.92 Å². The van der Waals surface area contributed by atoms with Gasteiger partial charge in [0.05, 0.1) is 21.3 Å². The summed E-state index contributed by atoms with van der Waals surface area (Å²) in [6.07, 6.45) is -0.0248. The number of ether oxygens (including phenoxy) is 1. The van der Waals surface area contributed by atoms with Crippen LogP contribution in [0.5, 0.6) is 0 Å². The Morgan fingerprint density at radius 2 is 1.84 bits per heavy atom. The van der Waals surface area contributed by atoms with Crippen molar-refractivity contribution in [3.8, 4) is 0 Å². The molecule has 0 saturated heterocycles. The number of Topliss-reactive ketones (excluding diaryl/α,β-unsaturated/α-hetero) is 1. The molecule has 2 rings (SSSR count). The van der Waals surface area contributed by atoms with Crippen LogP contribution in [0.25, 0.3) is 0 Å². The predicted octanol–water partition coefficient (Wildman–Crippen LogP) is 4.51. The minimum absolute atomic E-state index is 0.0488. The molecule has 0 atom stereocenters. The van der Waals surface area contributed by atoms with E-state index in [4.69, 9.17) is 27.9 Å². The van der Waals surface area contributed by atoms with Crippen molar-refractivity contribution >= 4 is 57.9 Å². The van der Waals surface area contributed by atoms with Crippen LogP contribution in [0.2, 0.25) is 10.0 Å². The Kier molecular flexibility index (Phi) is 6.99. The number of hydrogen-bond donors (Lipinski definition) is 1. The lowest BCUT2D eigenvalue weighted by molar-refractivity contribution is -0.147. The summed E-state index contributed by atoms with van der Waals surface area (Å²) < 4.78 is 4.86. The van der Waals surface area contributed by atoms with E-state index in [1.807, 2.05) is 13.0 Å². The highest BCUT2D eigenvalue weighted by molar-refractivity contribution is 7.14. The van der Waals surface area contributed by atoms with Gasteiger partial charge in [0, 0.05) is 17.0 Å². The molecule has 1 aromatic carbocycles.